The van der Waals surface area contributed by atoms with E-state index in [9.17, 15) is 13.2 Å². The summed E-state index contributed by atoms with van der Waals surface area (Å²) in [4.78, 5) is 21.1. The van der Waals surface area contributed by atoms with Crippen molar-refractivity contribution < 1.29 is 13.2 Å². The number of sulfonamides is 1. The summed E-state index contributed by atoms with van der Waals surface area (Å²) < 4.78 is 26.7. The maximum absolute atomic E-state index is 12.6. The number of hydrogen-bond acceptors (Lipinski definition) is 6. The van der Waals surface area contributed by atoms with Gasteiger partial charge in [-0.3, -0.25) is 4.79 Å². The molecule has 10 heteroatoms. The zero-order valence-corrected chi connectivity index (χ0v) is 17.0. The topological polar surface area (TPSA) is 127 Å². The van der Waals surface area contributed by atoms with E-state index >= 15 is 0 Å². The van der Waals surface area contributed by atoms with Crippen LogP contribution >= 0.6 is 12.4 Å². The van der Waals surface area contributed by atoms with Crippen LogP contribution in [0.15, 0.2) is 35.4 Å². The van der Waals surface area contributed by atoms with Gasteiger partial charge >= 0.3 is 0 Å². The molecule has 148 valence electrons. The van der Waals surface area contributed by atoms with E-state index in [-0.39, 0.29) is 36.3 Å². The molecule has 1 aromatic heterocycles. The van der Waals surface area contributed by atoms with Gasteiger partial charge in [0, 0.05) is 25.0 Å². The second-order valence-corrected chi connectivity index (χ2v) is 7.81. The van der Waals surface area contributed by atoms with Crippen molar-refractivity contribution in [2.75, 3.05) is 18.4 Å². The third-order valence-corrected chi connectivity index (χ3v) is 5.03. The van der Waals surface area contributed by atoms with E-state index in [4.69, 9.17) is 5.73 Å². The lowest BCUT2D eigenvalue weighted by Crippen LogP contribution is -2.29. The normalized spacial score (nSPS) is 11.1. The summed E-state index contributed by atoms with van der Waals surface area (Å²) in [6.07, 6.45) is 1.48. The fraction of sp³-hybridized carbons (Fsp3) is 0.353. The van der Waals surface area contributed by atoms with E-state index in [2.05, 4.69) is 20.0 Å². The first kappa shape index (κ1) is 23.0. The number of carbonyl (C=O) groups is 1. The molecule has 0 fully saturated rings. The summed E-state index contributed by atoms with van der Waals surface area (Å²) in [6.45, 7) is 5.97. The smallest absolute Gasteiger partial charge is 0.259 e. The Bertz CT molecular complexity index is 903. The minimum atomic E-state index is -3.68. The molecule has 27 heavy (non-hydrogen) atoms. The standard InChI is InChI=1S/C17H23N5O3S.ClH/c1-11(2)16-15(10-19-12(3)21-16)17(23)22-13-5-4-6-14(9-13)26(24,25)20-8-7-18;/h4-6,9-11,20H,7-8,18H2,1-3H3,(H,22,23);1H. The van der Waals surface area contributed by atoms with Gasteiger partial charge in [0.2, 0.25) is 10.0 Å². The van der Waals surface area contributed by atoms with Gasteiger partial charge in [-0.15, -0.1) is 12.4 Å². The number of carbonyl (C=O) groups excluding carboxylic acids is 1. The minimum absolute atomic E-state index is 0. The maximum Gasteiger partial charge on any atom is 0.259 e. The number of benzene rings is 1. The molecule has 0 unspecified atom stereocenters. The highest BCUT2D eigenvalue weighted by atomic mass is 35.5. The van der Waals surface area contributed by atoms with Crippen LogP contribution in [0.3, 0.4) is 0 Å². The average Bonchev–Trinajstić information content (AvgIpc) is 2.60. The lowest BCUT2D eigenvalue weighted by atomic mass is 10.0. The van der Waals surface area contributed by atoms with Gasteiger partial charge in [-0.1, -0.05) is 19.9 Å². The molecule has 0 saturated carbocycles. The molecule has 1 aromatic carbocycles. The van der Waals surface area contributed by atoms with E-state index in [1.807, 2.05) is 13.8 Å². The number of aryl methyl sites for hydroxylation is 1. The summed E-state index contributed by atoms with van der Waals surface area (Å²) >= 11 is 0. The Morgan fingerprint density at radius 1 is 1.30 bits per heavy atom. The molecule has 0 atom stereocenters. The van der Waals surface area contributed by atoms with Gasteiger partial charge in [0.15, 0.2) is 0 Å². The number of nitrogens with one attached hydrogen (secondary N) is 2. The van der Waals surface area contributed by atoms with E-state index in [0.29, 0.717) is 22.8 Å². The second-order valence-electron chi connectivity index (χ2n) is 6.04. The molecule has 1 amide bonds. The van der Waals surface area contributed by atoms with Gasteiger partial charge in [-0.05, 0) is 31.0 Å². The molecule has 0 aliphatic rings. The van der Waals surface area contributed by atoms with Gasteiger partial charge in [0.05, 0.1) is 16.2 Å². The third kappa shape index (κ3) is 5.96. The number of amides is 1. The Labute approximate surface area is 165 Å². The summed E-state index contributed by atoms with van der Waals surface area (Å²) in [5, 5.41) is 2.71. The van der Waals surface area contributed by atoms with Crippen LogP contribution in [0.5, 0.6) is 0 Å². The number of anilines is 1. The molecule has 0 saturated heterocycles. The van der Waals surface area contributed by atoms with Crippen LogP contribution < -0.4 is 15.8 Å². The maximum atomic E-state index is 12.6. The Hall–Kier alpha value is -2.07. The second kappa shape index (κ2) is 9.75. The quantitative estimate of drug-likeness (QED) is 0.635. The van der Waals surface area contributed by atoms with Gasteiger partial charge in [0.1, 0.15) is 5.82 Å². The van der Waals surface area contributed by atoms with Crippen molar-refractivity contribution in [2.24, 2.45) is 5.73 Å². The van der Waals surface area contributed by atoms with E-state index in [1.54, 1.807) is 19.1 Å². The van der Waals surface area contributed by atoms with Crippen molar-refractivity contribution in [3.05, 3.63) is 47.5 Å². The summed E-state index contributed by atoms with van der Waals surface area (Å²) in [7, 11) is -3.68. The molecule has 4 N–H and O–H groups in total. The first-order chi connectivity index (χ1) is 12.2. The zero-order valence-electron chi connectivity index (χ0n) is 15.4. The molecule has 0 aliphatic carbocycles. The Morgan fingerprint density at radius 3 is 2.63 bits per heavy atom. The van der Waals surface area contributed by atoms with Crippen LogP contribution in [-0.4, -0.2) is 37.4 Å². The van der Waals surface area contributed by atoms with Gasteiger partial charge < -0.3 is 11.1 Å². The number of aromatic nitrogens is 2. The number of hydrogen-bond donors (Lipinski definition) is 3. The average molecular weight is 414 g/mol. The molecule has 0 radical (unpaired) electrons. The van der Waals surface area contributed by atoms with Crippen LogP contribution in [-0.2, 0) is 10.0 Å². The Balaban J connectivity index is 0.00000364. The van der Waals surface area contributed by atoms with Gasteiger partial charge in [0.25, 0.3) is 5.91 Å². The van der Waals surface area contributed by atoms with Gasteiger partial charge in [-0.2, -0.15) is 0 Å². The fourth-order valence-electron chi connectivity index (χ4n) is 2.32. The summed E-state index contributed by atoms with van der Waals surface area (Å²) in [5.74, 6) is 0.243. The predicted octanol–water partition coefficient (Wildman–Crippen LogP) is 1.82. The molecular weight excluding hydrogens is 390 g/mol. The van der Waals surface area contributed by atoms with Crippen LogP contribution in [0.1, 0.15) is 41.6 Å². The summed E-state index contributed by atoms with van der Waals surface area (Å²) in [5.41, 5.74) is 6.69. The molecule has 2 aromatic rings. The number of rotatable bonds is 7. The van der Waals surface area contributed by atoms with E-state index in [0.717, 1.165) is 0 Å². The SMILES string of the molecule is Cc1ncc(C(=O)Nc2cccc(S(=O)(=O)NCCN)c2)c(C(C)C)n1.Cl. The molecule has 2 rings (SSSR count). The van der Waals surface area contributed by atoms with E-state index in [1.165, 1.54) is 18.3 Å². The van der Waals surface area contributed by atoms with Gasteiger partial charge in [-0.25, -0.2) is 23.1 Å². The molecule has 0 aliphatic heterocycles. The molecule has 0 spiro atoms. The van der Waals surface area contributed by atoms with Crippen LogP contribution in [0, 0.1) is 6.92 Å². The largest absolute Gasteiger partial charge is 0.329 e. The van der Waals surface area contributed by atoms with Crippen LogP contribution in [0.4, 0.5) is 5.69 Å². The molecule has 8 nitrogen and oxygen atoms in total. The lowest BCUT2D eigenvalue weighted by molar-refractivity contribution is 0.102. The Morgan fingerprint density at radius 2 is 2.00 bits per heavy atom. The third-order valence-electron chi connectivity index (χ3n) is 3.57. The summed E-state index contributed by atoms with van der Waals surface area (Å²) in [6, 6.07) is 6.01. The van der Waals surface area contributed by atoms with Crippen molar-refractivity contribution in [3.63, 3.8) is 0 Å². The first-order valence-corrected chi connectivity index (χ1v) is 9.67. The number of nitrogens with zero attached hydrogens (tertiary/aromatic N) is 2. The number of halogens is 1. The molecular formula is C17H24ClN5O3S. The van der Waals surface area contributed by atoms with Crippen LogP contribution in [0.25, 0.3) is 0 Å². The highest BCUT2D eigenvalue weighted by Gasteiger charge is 2.18. The number of nitrogens with two attached hydrogens (primary N) is 1. The van der Waals surface area contributed by atoms with Crippen LogP contribution in [0.2, 0.25) is 0 Å². The zero-order chi connectivity index (χ0) is 19.3. The van der Waals surface area contributed by atoms with Crippen molar-refractivity contribution in [3.8, 4) is 0 Å². The molecule has 0 bridgehead atoms. The highest BCUT2D eigenvalue weighted by molar-refractivity contribution is 7.89. The monoisotopic (exact) mass is 413 g/mol. The lowest BCUT2D eigenvalue weighted by Gasteiger charge is -2.13. The van der Waals surface area contributed by atoms with E-state index < -0.39 is 15.9 Å². The Kier molecular flexibility index (Phi) is 8.29. The van der Waals surface area contributed by atoms with Crippen molar-refractivity contribution in [1.82, 2.24) is 14.7 Å². The predicted molar refractivity (Wildman–Crippen MR) is 107 cm³/mol. The van der Waals surface area contributed by atoms with Crippen molar-refractivity contribution in [2.45, 2.75) is 31.6 Å². The fourth-order valence-corrected chi connectivity index (χ4v) is 3.41. The van der Waals surface area contributed by atoms with Crippen molar-refractivity contribution >= 4 is 34.0 Å². The first-order valence-electron chi connectivity index (χ1n) is 8.19. The highest BCUT2D eigenvalue weighted by Crippen LogP contribution is 2.20. The minimum Gasteiger partial charge on any atom is -0.329 e. The molecule has 1 heterocycles. The van der Waals surface area contributed by atoms with Crippen molar-refractivity contribution in [1.29, 1.82) is 0 Å².